The summed E-state index contributed by atoms with van der Waals surface area (Å²) in [7, 11) is -3.48. The second-order valence-electron chi connectivity index (χ2n) is 4.65. The zero-order valence-electron chi connectivity index (χ0n) is 10.2. The maximum Gasteiger partial charge on any atom is 0.244 e. The summed E-state index contributed by atoms with van der Waals surface area (Å²) >= 11 is 0. The Kier molecular flexibility index (Phi) is 3.14. The van der Waals surface area contributed by atoms with Gasteiger partial charge in [0.15, 0.2) is 0 Å². The fourth-order valence-electron chi connectivity index (χ4n) is 1.99. The minimum absolute atomic E-state index is 0.0420. The molecule has 1 heterocycles. The van der Waals surface area contributed by atoms with Gasteiger partial charge in [-0.05, 0) is 32.4 Å². The number of hydrogen-bond donors (Lipinski definition) is 1. The second-order valence-corrected chi connectivity index (χ2v) is 6.34. The molecule has 0 spiro atoms. The number of para-hydroxylation sites is 1. The van der Waals surface area contributed by atoms with E-state index in [0.29, 0.717) is 5.75 Å². The van der Waals surface area contributed by atoms with Crippen LogP contribution in [0.3, 0.4) is 0 Å². The Morgan fingerprint density at radius 1 is 1.41 bits per heavy atom. The van der Waals surface area contributed by atoms with Gasteiger partial charge in [0.25, 0.3) is 0 Å². The third-order valence-electron chi connectivity index (χ3n) is 2.57. The summed E-state index contributed by atoms with van der Waals surface area (Å²) in [6.45, 7) is 5.53. The fraction of sp³-hybridized carbons (Fsp3) is 0.500. The lowest BCUT2D eigenvalue weighted by Crippen LogP contribution is -2.30. The van der Waals surface area contributed by atoms with Crippen LogP contribution in [0.1, 0.15) is 26.3 Å². The van der Waals surface area contributed by atoms with Gasteiger partial charge in [-0.2, -0.15) is 0 Å². The van der Waals surface area contributed by atoms with Crippen molar-refractivity contribution in [1.82, 2.24) is 4.72 Å². The lowest BCUT2D eigenvalue weighted by atomic mass is 10.1. The monoisotopic (exact) mass is 255 g/mol. The van der Waals surface area contributed by atoms with Gasteiger partial charge in [-0.25, -0.2) is 13.1 Å². The maximum atomic E-state index is 12.1. The summed E-state index contributed by atoms with van der Waals surface area (Å²) in [5.41, 5.74) is 0.962. The van der Waals surface area contributed by atoms with Crippen LogP contribution >= 0.6 is 0 Å². The quantitative estimate of drug-likeness (QED) is 0.894. The van der Waals surface area contributed by atoms with E-state index in [0.717, 1.165) is 12.0 Å². The highest BCUT2D eigenvalue weighted by molar-refractivity contribution is 7.89. The van der Waals surface area contributed by atoms with E-state index >= 15 is 0 Å². The normalized spacial score (nSPS) is 19.2. The Morgan fingerprint density at radius 3 is 2.76 bits per heavy atom. The van der Waals surface area contributed by atoms with Crippen LogP contribution in [0.5, 0.6) is 5.75 Å². The minimum atomic E-state index is -3.48. The molecule has 17 heavy (non-hydrogen) atoms. The van der Waals surface area contributed by atoms with E-state index in [1.807, 2.05) is 13.0 Å². The Morgan fingerprint density at radius 2 is 2.12 bits per heavy atom. The zero-order chi connectivity index (χ0) is 12.6. The molecule has 1 aliphatic heterocycles. The lowest BCUT2D eigenvalue weighted by molar-refractivity contribution is 0.249. The van der Waals surface area contributed by atoms with Crippen LogP contribution < -0.4 is 9.46 Å². The summed E-state index contributed by atoms with van der Waals surface area (Å²) in [6, 6.07) is 5.12. The third-order valence-corrected chi connectivity index (χ3v) is 4.25. The highest BCUT2D eigenvalue weighted by atomic mass is 32.2. The van der Waals surface area contributed by atoms with Crippen molar-refractivity contribution in [2.45, 2.75) is 44.2 Å². The van der Waals surface area contributed by atoms with Crippen molar-refractivity contribution in [2.24, 2.45) is 0 Å². The van der Waals surface area contributed by atoms with Crippen LogP contribution in [0.15, 0.2) is 23.1 Å². The smallest absolute Gasteiger partial charge is 0.244 e. The van der Waals surface area contributed by atoms with Crippen molar-refractivity contribution in [1.29, 1.82) is 0 Å². The van der Waals surface area contributed by atoms with Gasteiger partial charge >= 0.3 is 0 Å². The first-order valence-corrected chi connectivity index (χ1v) is 7.19. The van der Waals surface area contributed by atoms with Crippen LogP contribution in [0.4, 0.5) is 0 Å². The molecular formula is C12H17NO3S. The first-order valence-electron chi connectivity index (χ1n) is 5.71. The predicted molar refractivity (Wildman–Crippen MR) is 65.7 cm³/mol. The SMILES string of the molecule is CC(C)NS(=O)(=O)c1cccc2c1OC(C)C2. The van der Waals surface area contributed by atoms with Gasteiger partial charge in [0.1, 0.15) is 16.7 Å². The number of fused-ring (bicyclic) bond motifs is 1. The summed E-state index contributed by atoms with van der Waals surface area (Å²) < 4.78 is 32.4. The van der Waals surface area contributed by atoms with Crippen LogP contribution in [-0.4, -0.2) is 20.6 Å². The number of ether oxygens (including phenoxy) is 1. The van der Waals surface area contributed by atoms with Gasteiger partial charge < -0.3 is 4.74 Å². The van der Waals surface area contributed by atoms with Crippen molar-refractivity contribution in [3.8, 4) is 5.75 Å². The van der Waals surface area contributed by atoms with Crippen LogP contribution in [0.2, 0.25) is 0 Å². The fourth-order valence-corrected chi connectivity index (χ4v) is 3.42. The molecule has 2 rings (SSSR count). The largest absolute Gasteiger partial charge is 0.489 e. The highest BCUT2D eigenvalue weighted by Crippen LogP contribution is 2.35. The molecule has 0 saturated heterocycles. The number of benzene rings is 1. The molecule has 0 amide bonds. The molecule has 0 saturated carbocycles. The van der Waals surface area contributed by atoms with E-state index in [1.54, 1.807) is 26.0 Å². The van der Waals surface area contributed by atoms with Crippen molar-refractivity contribution in [3.63, 3.8) is 0 Å². The summed E-state index contributed by atoms with van der Waals surface area (Å²) in [4.78, 5) is 0.244. The average molecular weight is 255 g/mol. The number of rotatable bonds is 3. The Bertz CT molecular complexity index is 523. The second kappa shape index (κ2) is 4.31. The molecule has 1 aromatic carbocycles. The van der Waals surface area contributed by atoms with Crippen molar-refractivity contribution in [2.75, 3.05) is 0 Å². The molecule has 1 atom stereocenters. The molecule has 0 bridgehead atoms. The summed E-state index contributed by atoms with van der Waals surface area (Å²) in [5, 5.41) is 0. The van der Waals surface area contributed by atoms with Crippen LogP contribution in [0.25, 0.3) is 0 Å². The Hall–Kier alpha value is -1.07. The predicted octanol–water partition coefficient (Wildman–Crippen LogP) is 1.70. The molecule has 1 aliphatic rings. The van der Waals surface area contributed by atoms with Gasteiger partial charge in [0.2, 0.25) is 10.0 Å². The van der Waals surface area contributed by atoms with Crippen molar-refractivity contribution < 1.29 is 13.2 Å². The first-order chi connectivity index (χ1) is 7.90. The Labute approximate surface area is 102 Å². The molecule has 1 N–H and O–H groups in total. The maximum absolute atomic E-state index is 12.1. The first kappa shape index (κ1) is 12.4. The molecule has 4 nitrogen and oxygen atoms in total. The van der Waals surface area contributed by atoms with E-state index in [9.17, 15) is 8.42 Å². The molecule has 0 aromatic heterocycles. The summed E-state index contributed by atoms with van der Waals surface area (Å²) in [6.07, 6.45) is 0.806. The van der Waals surface area contributed by atoms with E-state index < -0.39 is 10.0 Å². The van der Waals surface area contributed by atoms with E-state index in [4.69, 9.17) is 4.74 Å². The molecule has 0 fully saturated rings. The van der Waals surface area contributed by atoms with Crippen LogP contribution in [0, 0.1) is 0 Å². The van der Waals surface area contributed by atoms with Crippen LogP contribution in [-0.2, 0) is 16.4 Å². The lowest BCUT2D eigenvalue weighted by Gasteiger charge is -2.12. The molecule has 0 aliphatic carbocycles. The molecular weight excluding hydrogens is 238 g/mol. The van der Waals surface area contributed by atoms with E-state index in [1.165, 1.54) is 0 Å². The van der Waals surface area contributed by atoms with Gasteiger partial charge in [0.05, 0.1) is 0 Å². The van der Waals surface area contributed by atoms with Crippen molar-refractivity contribution >= 4 is 10.0 Å². The topological polar surface area (TPSA) is 55.4 Å². The van der Waals surface area contributed by atoms with Gasteiger partial charge in [0, 0.05) is 12.5 Å². The van der Waals surface area contributed by atoms with Crippen molar-refractivity contribution in [3.05, 3.63) is 23.8 Å². The van der Waals surface area contributed by atoms with Gasteiger partial charge in [-0.15, -0.1) is 0 Å². The number of hydrogen-bond acceptors (Lipinski definition) is 3. The molecule has 5 heteroatoms. The average Bonchev–Trinajstić information content (AvgIpc) is 2.54. The summed E-state index contributed by atoms with van der Waals surface area (Å²) in [5.74, 6) is 0.508. The molecule has 0 radical (unpaired) electrons. The zero-order valence-corrected chi connectivity index (χ0v) is 11.0. The number of nitrogens with one attached hydrogen (secondary N) is 1. The number of sulfonamides is 1. The van der Waals surface area contributed by atoms with Gasteiger partial charge in [-0.3, -0.25) is 0 Å². The third kappa shape index (κ3) is 2.45. The highest BCUT2D eigenvalue weighted by Gasteiger charge is 2.28. The van der Waals surface area contributed by atoms with E-state index in [2.05, 4.69) is 4.72 Å². The molecule has 94 valence electrons. The minimum Gasteiger partial charge on any atom is -0.489 e. The van der Waals surface area contributed by atoms with E-state index in [-0.39, 0.29) is 17.0 Å². The van der Waals surface area contributed by atoms with Gasteiger partial charge in [-0.1, -0.05) is 12.1 Å². The standard InChI is InChI=1S/C12H17NO3S/c1-8(2)13-17(14,15)11-6-4-5-10-7-9(3)16-12(10)11/h4-6,8-9,13H,7H2,1-3H3. The molecule has 1 aromatic rings. The Balaban J connectivity index is 2.45. The molecule has 1 unspecified atom stereocenters.